The number of rotatable bonds is 3. The molecule has 0 spiro atoms. The first-order valence-corrected chi connectivity index (χ1v) is 7.81. The molecule has 0 aromatic heterocycles. The fourth-order valence-electron chi connectivity index (χ4n) is 2.32. The summed E-state index contributed by atoms with van der Waals surface area (Å²) >= 11 is 5.98. The fourth-order valence-corrected chi connectivity index (χ4v) is 4.39. The fraction of sp³-hybridized carbons (Fsp3) is 0.500. The summed E-state index contributed by atoms with van der Waals surface area (Å²) < 4.78 is 31.9. The van der Waals surface area contributed by atoms with Crippen molar-refractivity contribution in [3.05, 3.63) is 23.2 Å². The molecule has 1 aliphatic heterocycles. The van der Waals surface area contributed by atoms with Crippen LogP contribution < -0.4 is 5.73 Å². The molecule has 0 bridgehead atoms. The van der Waals surface area contributed by atoms with E-state index in [2.05, 4.69) is 0 Å². The maximum Gasteiger partial charge on any atom is 0.246 e. The third kappa shape index (κ3) is 2.58. The molecule has 0 amide bonds. The zero-order valence-corrected chi connectivity index (χ0v) is 12.4. The van der Waals surface area contributed by atoms with Gasteiger partial charge < -0.3 is 10.5 Å². The molecule has 0 radical (unpaired) electrons. The SMILES string of the molecule is CC1OCCC1N(C)S(=O)(=O)c1c(N)cccc1Cl. The van der Waals surface area contributed by atoms with Crippen molar-refractivity contribution < 1.29 is 13.2 Å². The van der Waals surface area contributed by atoms with E-state index in [0.29, 0.717) is 13.0 Å². The van der Waals surface area contributed by atoms with Gasteiger partial charge in [0.1, 0.15) is 4.90 Å². The van der Waals surface area contributed by atoms with E-state index in [1.807, 2.05) is 6.92 Å². The zero-order chi connectivity index (χ0) is 14.2. The highest BCUT2D eigenvalue weighted by Gasteiger charge is 2.36. The first kappa shape index (κ1) is 14.6. The van der Waals surface area contributed by atoms with Crippen LogP contribution in [0.4, 0.5) is 5.69 Å². The number of benzene rings is 1. The van der Waals surface area contributed by atoms with E-state index in [-0.39, 0.29) is 27.8 Å². The van der Waals surface area contributed by atoms with Gasteiger partial charge in [-0.15, -0.1) is 0 Å². The molecule has 1 aliphatic rings. The van der Waals surface area contributed by atoms with E-state index in [1.54, 1.807) is 6.07 Å². The molecular weight excluding hydrogens is 288 g/mol. The molecule has 2 N–H and O–H groups in total. The summed E-state index contributed by atoms with van der Waals surface area (Å²) in [6, 6.07) is 4.48. The maximum atomic E-state index is 12.6. The van der Waals surface area contributed by atoms with Gasteiger partial charge in [0.2, 0.25) is 10.0 Å². The number of halogens is 1. The maximum absolute atomic E-state index is 12.6. The van der Waals surface area contributed by atoms with Crippen LogP contribution in [-0.4, -0.2) is 38.5 Å². The lowest BCUT2D eigenvalue weighted by molar-refractivity contribution is 0.102. The number of likely N-dealkylation sites (N-methyl/N-ethyl adjacent to an activating group) is 1. The summed E-state index contributed by atoms with van der Waals surface area (Å²) in [4.78, 5) is -0.0294. The number of ether oxygens (including phenoxy) is 1. The van der Waals surface area contributed by atoms with Crippen LogP contribution in [-0.2, 0) is 14.8 Å². The van der Waals surface area contributed by atoms with Crippen molar-refractivity contribution in [1.82, 2.24) is 4.31 Å². The topological polar surface area (TPSA) is 72.6 Å². The second-order valence-corrected chi connectivity index (χ2v) is 6.95. The van der Waals surface area contributed by atoms with Crippen molar-refractivity contribution in [2.75, 3.05) is 19.4 Å². The minimum atomic E-state index is -3.72. The Morgan fingerprint density at radius 3 is 2.68 bits per heavy atom. The number of nitrogens with zero attached hydrogens (tertiary/aromatic N) is 1. The number of anilines is 1. The van der Waals surface area contributed by atoms with Gasteiger partial charge in [-0.3, -0.25) is 0 Å². The van der Waals surface area contributed by atoms with Crippen molar-refractivity contribution >= 4 is 27.3 Å². The summed E-state index contributed by atoms with van der Waals surface area (Å²) in [6.07, 6.45) is 0.532. The highest BCUT2D eigenvalue weighted by atomic mass is 35.5. The molecule has 5 nitrogen and oxygen atoms in total. The van der Waals surface area contributed by atoms with Crippen molar-refractivity contribution in [2.45, 2.75) is 30.4 Å². The van der Waals surface area contributed by atoms with Crippen molar-refractivity contribution in [1.29, 1.82) is 0 Å². The number of nitrogen functional groups attached to an aromatic ring is 1. The molecule has 2 rings (SSSR count). The first-order valence-electron chi connectivity index (χ1n) is 5.99. The van der Waals surface area contributed by atoms with Crippen LogP contribution >= 0.6 is 11.6 Å². The molecule has 7 heteroatoms. The van der Waals surface area contributed by atoms with Crippen molar-refractivity contribution in [3.63, 3.8) is 0 Å². The van der Waals surface area contributed by atoms with E-state index in [1.165, 1.54) is 23.5 Å². The molecule has 1 heterocycles. The molecule has 0 aliphatic carbocycles. The molecule has 1 fully saturated rings. The molecule has 1 aromatic rings. The van der Waals surface area contributed by atoms with Crippen LogP contribution in [0.25, 0.3) is 0 Å². The average Bonchev–Trinajstić information content (AvgIpc) is 2.73. The monoisotopic (exact) mass is 304 g/mol. The number of hydrogen-bond donors (Lipinski definition) is 1. The van der Waals surface area contributed by atoms with E-state index < -0.39 is 10.0 Å². The second kappa shape index (κ2) is 5.28. The summed E-state index contributed by atoms with van der Waals surface area (Å²) in [6.45, 7) is 2.42. The number of nitrogens with two attached hydrogens (primary N) is 1. The Hall–Kier alpha value is -0.820. The molecule has 1 aromatic carbocycles. The Morgan fingerprint density at radius 2 is 2.16 bits per heavy atom. The Morgan fingerprint density at radius 1 is 1.47 bits per heavy atom. The average molecular weight is 305 g/mol. The van der Waals surface area contributed by atoms with Crippen molar-refractivity contribution in [2.24, 2.45) is 0 Å². The molecule has 106 valence electrons. The lowest BCUT2D eigenvalue weighted by Crippen LogP contribution is -2.41. The molecule has 2 atom stereocenters. The lowest BCUT2D eigenvalue weighted by Gasteiger charge is -2.26. The molecule has 0 saturated carbocycles. The largest absolute Gasteiger partial charge is 0.398 e. The van der Waals surface area contributed by atoms with Gasteiger partial charge in [-0.25, -0.2) is 8.42 Å². The second-order valence-electron chi connectivity index (χ2n) is 4.61. The quantitative estimate of drug-likeness (QED) is 0.863. The summed E-state index contributed by atoms with van der Waals surface area (Å²) in [5, 5.41) is 0.137. The van der Waals surface area contributed by atoms with Gasteiger partial charge in [0.15, 0.2) is 0 Å². The van der Waals surface area contributed by atoms with E-state index >= 15 is 0 Å². The van der Waals surface area contributed by atoms with Gasteiger partial charge in [-0.1, -0.05) is 17.7 Å². The predicted molar refractivity (Wildman–Crippen MR) is 74.6 cm³/mol. The van der Waals surface area contributed by atoms with Crippen LogP contribution in [0.1, 0.15) is 13.3 Å². The van der Waals surface area contributed by atoms with E-state index in [0.717, 1.165) is 0 Å². The van der Waals surface area contributed by atoms with Gasteiger partial charge in [0.05, 0.1) is 22.9 Å². The minimum absolute atomic E-state index is 0.0294. The van der Waals surface area contributed by atoms with Crippen LogP contribution in [0.3, 0.4) is 0 Å². The Kier molecular flexibility index (Phi) is 4.06. The van der Waals surface area contributed by atoms with Crippen LogP contribution in [0.15, 0.2) is 23.1 Å². The van der Waals surface area contributed by atoms with Gasteiger partial charge in [-0.2, -0.15) is 4.31 Å². The van der Waals surface area contributed by atoms with Gasteiger partial charge in [0.25, 0.3) is 0 Å². The molecular formula is C12H17ClN2O3S. The van der Waals surface area contributed by atoms with Gasteiger partial charge >= 0.3 is 0 Å². The Bertz CT molecular complexity index is 556. The van der Waals surface area contributed by atoms with Crippen molar-refractivity contribution in [3.8, 4) is 0 Å². The molecule has 1 saturated heterocycles. The van der Waals surface area contributed by atoms with Crippen LogP contribution in [0.5, 0.6) is 0 Å². The molecule has 2 unspecified atom stereocenters. The number of hydrogen-bond acceptors (Lipinski definition) is 4. The minimum Gasteiger partial charge on any atom is -0.398 e. The summed E-state index contributed by atoms with van der Waals surface area (Å²) in [5.74, 6) is 0. The van der Waals surface area contributed by atoms with Crippen LogP contribution in [0.2, 0.25) is 5.02 Å². The number of sulfonamides is 1. The smallest absolute Gasteiger partial charge is 0.246 e. The lowest BCUT2D eigenvalue weighted by atomic mass is 10.2. The Labute approximate surface area is 118 Å². The van der Waals surface area contributed by atoms with E-state index in [4.69, 9.17) is 22.1 Å². The highest BCUT2D eigenvalue weighted by Crippen LogP contribution is 2.32. The van der Waals surface area contributed by atoms with Gasteiger partial charge in [-0.05, 0) is 25.5 Å². The first-order chi connectivity index (χ1) is 8.85. The van der Waals surface area contributed by atoms with E-state index in [9.17, 15) is 8.42 Å². The summed E-state index contributed by atoms with van der Waals surface area (Å²) in [7, 11) is -2.18. The standard InChI is InChI=1S/C12H17ClN2O3S/c1-8-11(6-7-18-8)15(2)19(16,17)12-9(13)4-3-5-10(12)14/h3-5,8,11H,6-7,14H2,1-2H3. The predicted octanol–water partition coefficient (Wildman–Crippen LogP) is 1.72. The Balaban J connectivity index is 2.42. The molecule has 19 heavy (non-hydrogen) atoms. The van der Waals surface area contributed by atoms with Gasteiger partial charge in [0, 0.05) is 13.7 Å². The third-order valence-electron chi connectivity index (χ3n) is 3.44. The highest BCUT2D eigenvalue weighted by molar-refractivity contribution is 7.89. The van der Waals surface area contributed by atoms with Crippen LogP contribution in [0, 0.1) is 0 Å². The third-order valence-corrected chi connectivity index (χ3v) is 5.87. The normalized spacial score (nSPS) is 24.0. The zero-order valence-electron chi connectivity index (χ0n) is 10.8. The summed E-state index contributed by atoms with van der Waals surface area (Å²) in [5.41, 5.74) is 5.92.